The number of fused-ring (bicyclic) bond motifs is 1. The smallest absolute Gasteiger partial charge is 0.127 e. The van der Waals surface area contributed by atoms with Crippen LogP contribution >= 0.6 is 0 Å². The van der Waals surface area contributed by atoms with Crippen molar-refractivity contribution in [3.63, 3.8) is 0 Å². The predicted octanol–water partition coefficient (Wildman–Crippen LogP) is 1.87. The highest BCUT2D eigenvalue weighted by Crippen LogP contribution is 2.34. The fourth-order valence-corrected chi connectivity index (χ4v) is 1.90. The van der Waals surface area contributed by atoms with Crippen molar-refractivity contribution in [2.75, 3.05) is 0 Å². The molecule has 2 rings (SSSR count). The number of hydrogen-bond acceptors (Lipinski definition) is 2. The molecule has 0 aliphatic heterocycles. The van der Waals surface area contributed by atoms with Gasteiger partial charge in [0, 0.05) is 12.1 Å². The second-order valence-corrected chi connectivity index (χ2v) is 3.49. The van der Waals surface area contributed by atoms with Gasteiger partial charge < -0.3 is 10.8 Å². The SMILES string of the molecule is NC1CCCc2c(O)cc(F)cc21. The Hall–Kier alpha value is -1.09. The van der Waals surface area contributed by atoms with Crippen LogP contribution in [0.5, 0.6) is 5.75 Å². The van der Waals surface area contributed by atoms with Crippen LogP contribution in [0.3, 0.4) is 0 Å². The first-order chi connectivity index (χ1) is 6.18. The molecule has 1 aromatic rings. The number of hydrogen-bond donors (Lipinski definition) is 2. The lowest BCUT2D eigenvalue weighted by Crippen LogP contribution is -2.17. The average molecular weight is 181 g/mol. The second-order valence-electron chi connectivity index (χ2n) is 3.49. The zero-order valence-electron chi connectivity index (χ0n) is 7.26. The maximum absolute atomic E-state index is 12.9. The molecule has 13 heavy (non-hydrogen) atoms. The van der Waals surface area contributed by atoms with Gasteiger partial charge in [0.15, 0.2) is 0 Å². The van der Waals surface area contributed by atoms with E-state index in [-0.39, 0.29) is 11.8 Å². The van der Waals surface area contributed by atoms with Gasteiger partial charge in [-0.2, -0.15) is 0 Å². The number of phenols is 1. The molecule has 1 aromatic carbocycles. The summed E-state index contributed by atoms with van der Waals surface area (Å²) in [5, 5.41) is 9.46. The summed E-state index contributed by atoms with van der Waals surface area (Å²) < 4.78 is 12.9. The van der Waals surface area contributed by atoms with E-state index in [0.717, 1.165) is 36.5 Å². The molecule has 0 radical (unpaired) electrons. The molecule has 1 unspecified atom stereocenters. The summed E-state index contributed by atoms with van der Waals surface area (Å²) in [5.41, 5.74) is 7.39. The number of aromatic hydroxyl groups is 1. The van der Waals surface area contributed by atoms with Crippen LogP contribution in [0.15, 0.2) is 12.1 Å². The third kappa shape index (κ3) is 1.40. The predicted molar refractivity (Wildman–Crippen MR) is 47.9 cm³/mol. The van der Waals surface area contributed by atoms with Gasteiger partial charge in [-0.15, -0.1) is 0 Å². The van der Waals surface area contributed by atoms with E-state index < -0.39 is 5.82 Å². The van der Waals surface area contributed by atoms with Gasteiger partial charge in [-0.25, -0.2) is 4.39 Å². The molecule has 1 aliphatic rings. The van der Waals surface area contributed by atoms with Gasteiger partial charge in [0.05, 0.1) is 0 Å². The van der Waals surface area contributed by atoms with Crippen molar-refractivity contribution in [1.82, 2.24) is 0 Å². The van der Waals surface area contributed by atoms with E-state index in [4.69, 9.17) is 5.73 Å². The van der Waals surface area contributed by atoms with Crippen LogP contribution in [0.1, 0.15) is 30.0 Å². The summed E-state index contributed by atoms with van der Waals surface area (Å²) >= 11 is 0. The average Bonchev–Trinajstić information content (AvgIpc) is 2.07. The summed E-state index contributed by atoms with van der Waals surface area (Å²) in [4.78, 5) is 0. The standard InChI is InChI=1S/C10H12FNO/c11-6-4-8-7(10(13)5-6)2-1-3-9(8)12/h4-5,9,13H,1-3,12H2. The molecule has 0 heterocycles. The van der Waals surface area contributed by atoms with Gasteiger partial charge in [-0.3, -0.25) is 0 Å². The molecule has 70 valence electrons. The van der Waals surface area contributed by atoms with E-state index in [2.05, 4.69) is 0 Å². The molecule has 0 saturated heterocycles. The Balaban J connectivity index is 2.56. The summed E-state index contributed by atoms with van der Waals surface area (Å²) in [6.45, 7) is 0. The number of phenolic OH excluding ortho intramolecular Hbond substituents is 1. The van der Waals surface area contributed by atoms with Gasteiger partial charge in [-0.1, -0.05) is 0 Å². The zero-order valence-corrected chi connectivity index (χ0v) is 7.26. The molecule has 1 atom stereocenters. The van der Waals surface area contributed by atoms with E-state index in [1.54, 1.807) is 0 Å². The topological polar surface area (TPSA) is 46.2 Å². The van der Waals surface area contributed by atoms with Crippen LogP contribution in [0.4, 0.5) is 4.39 Å². The van der Waals surface area contributed by atoms with Gasteiger partial charge in [0.1, 0.15) is 11.6 Å². The first-order valence-electron chi connectivity index (χ1n) is 4.45. The third-order valence-electron chi connectivity index (χ3n) is 2.57. The second kappa shape index (κ2) is 3.00. The van der Waals surface area contributed by atoms with Gasteiger partial charge in [0.25, 0.3) is 0 Å². The van der Waals surface area contributed by atoms with Crippen LogP contribution in [-0.4, -0.2) is 5.11 Å². The Morgan fingerprint density at radius 2 is 2.23 bits per heavy atom. The van der Waals surface area contributed by atoms with Crippen LogP contribution < -0.4 is 5.73 Å². The summed E-state index contributed by atoms with van der Waals surface area (Å²) in [6.07, 6.45) is 2.64. The lowest BCUT2D eigenvalue weighted by Gasteiger charge is -2.22. The highest BCUT2D eigenvalue weighted by atomic mass is 19.1. The minimum absolute atomic E-state index is 0.0464. The highest BCUT2D eigenvalue weighted by molar-refractivity contribution is 5.42. The quantitative estimate of drug-likeness (QED) is 0.641. The number of nitrogens with two attached hydrogens (primary N) is 1. The number of benzene rings is 1. The molecular formula is C10H12FNO. The van der Waals surface area contributed by atoms with Crippen molar-refractivity contribution >= 4 is 0 Å². The van der Waals surface area contributed by atoms with Gasteiger partial charge >= 0.3 is 0 Å². The summed E-state index contributed by atoms with van der Waals surface area (Å²) in [6, 6.07) is 2.46. The molecule has 0 fully saturated rings. The Morgan fingerprint density at radius 3 is 3.00 bits per heavy atom. The van der Waals surface area contributed by atoms with Crippen molar-refractivity contribution in [3.8, 4) is 5.75 Å². The highest BCUT2D eigenvalue weighted by Gasteiger charge is 2.20. The fraction of sp³-hybridized carbons (Fsp3) is 0.400. The van der Waals surface area contributed by atoms with Crippen LogP contribution in [0, 0.1) is 5.82 Å². The molecule has 0 aromatic heterocycles. The minimum Gasteiger partial charge on any atom is -0.508 e. The van der Waals surface area contributed by atoms with Crippen molar-refractivity contribution in [2.45, 2.75) is 25.3 Å². The molecule has 0 saturated carbocycles. The van der Waals surface area contributed by atoms with Crippen molar-refractivity contribution in [3.05, 3.63) is 29.1 Å². The van der Waals surface area contributed by atoms with Gasteiger partial charge in [-0.05, 0) is 36.5 Å². The lowest BCUT2D eigenvalue weighted by atomic mass is 9.87. The Kier molecular flexibility index (Phi) is 1.96. The monoisotopic (exact) mass is 181 g/mol. The molecule has 0 bridgehead atoms. The Bertz CT molecular complexity index is 338. The molecule has 3 N–H and O–H groups in total. The summed E-state index contributed by atoms with van der Waals surface area (Å²) in [7, 11) is 0. The van der Waals surface area contributed by atoms with Crippen molar-refractivity contribution < 1.29 is 9.50 Å². The maximum atomic E-state index is 12.9. The van der Waals surface area contributed by atoms with E-state index >= 15 is 0 Å². The minimum atomic E-state index is -0.409. The summed E-state index contributed by atoms with van der Waals surface area (Å²) in [5.74, 6) is -0.362. The normalized spacial score (nSPS) is 21.2. The fourth-order valence-electron chi connectivity index (χ4n) is 1.90. The molecule has 2 nitrogen and oxygen atoms in total. The van der Waals surface area contributed by atoms with Gasteiger partial charge in [0.2, 0.25) is 0 Å². The first kappa shape index (κ1) is 8.51. The number of halogens is 1. The molecular weight excluding hydrogens is 169 g/mol. The Labute approximate surface area is 76.2 Å². The molecule has 0 spiro atoms. The molecule has 1 aliphatic carbocycles. The van der Waals surface area contributed by atoms with Crippen LogP contribution in [0.2, 0.25) is 0 Å². The molecule has 3 heteroatoms. The van der Waals surface area contributed by atoms with Crippen molar-refractivity contribution in [2.24, 2.45) is 5.73 Å². The Morgan fingerprint density at radius 1 is 1.46 bits per heavy atom. The van der Waals surface area contributed by atoms with Crippen LogP contribution in [0.25, 0.3) is 0 Å². The number of rotatable bonds is 0. The largest absolute Gasteiger partial charge is 0.508 e. The molecule has 0 amide bonds. The first-order valence-corrected chi connectivity index (χ1v) is 4.45. The van der Waals surface area contributed by atoms with Crippen LogP contribution in [-0.2, 0) is 6.42 Å². The van der Waals surface area contributed by atoms with E-state index in [1.807, 2.05) is 0 Å². The van der Waals surface area contributed by atoms with E-state index in [9.17, 15) is 9.50 Å². The zero-order chi connectivity index (χ0) is 9.42. The van der Waals surface area contributed by atoms with E-state index in [1.165, 1.54) is 6.07 Å². The van der Waals surface area contributed by atoms with E-state index in [0.29, 0.717) is 0 Å². The van der Waals surface area contributed by atoms with Crippen molar-refractivity contribution in [1.29, 1.82) is 0 Å². The third-order valence-corrected chi connectivity index (χ3v) is 2.57. The maximum Gasteiger partial charge on any atom is 0.127 e. The lowest BCUT2D eigenvalue weighted by molar-refractivity contribution is 0.447.